The van der Waals surface area contributed by atoms with E-state index in [9.17, 15) is 5.11 Å². The van der Waals surface area contributed by atoms with E-state index in [4.69, 9.17) is 0 Å². The molecule has 1 atom stereocenters. The SMILES string of the molecule is Cc1ccccc1CN(C)c1ccc([C@H](C)O)nc1. The summed E-state index contributed by atoms with van der Waals surface area (Å²) >= 11 is 0. The standard InChI is InChI=1S/C16H20N2O/c1-12-6-4-5-7-14(12)11-18(3)15-8-9-16(13(2)19)17-10-15/h4-10,13,19H,11H2,1-3H3/t13-/m0/s1. The molecule has 0 radical (unpaired) electrons. The van der Waals surface area contributed by atoms with E-state index in [2.05, 4.69) is 41.1 Å². The van der Waals surface area contributed by atoms with Gasteiger partial charge >= 0.3 is 0 Å². The van der Waals surface area contributed by atoms with E-state index in [-0.39, 0.29) is 0 Å². The Labute approximate surface area is 114 Å². The molecule has 3 nitrogen and oxygen atoms in total. The van der Waals surface area contributed by atoms with Crippen molar-refractivity contribution < 1.29 is 5.11 Å². The number of aliphatic hydroxyl groups excluding tert-OH is 1. The summed E-state index contributed by atoms with van der Waals surface area (Å²) in [6.45, 7) is 4.69. The molecule has 2 rings (SSSR count). The summed E-state index contributed by atoms with van der Waals surface area (Å²) < 4.78 is 0. The first-order valence-electron chi connectivity index (χ1n) is 6.47. The van der Waals surface area contributed by atoms with Crippen molar-refractivity contribution in [1.29, 1.82) is 0 Å². The van der Waals surface area contributed by atoms with Crippen LogP contribution in [0.3, 0.4) is 0 Å². The van der Waals surface area contributed by atoms with Crippen molar-refractivity contribution in [3.63, 3.8) is 0 Å². The molecule has 0 saturated carbocycles. The smallest absolute Gasteiger partial charge is 0.0931 e. The summed E-state index contributed by atoms with van der Waals surface area (Å²) in [6, 6.07) is 12.2. The van der Waals surface area contributed by atoms with Gasteiger partial charge in [-0.05, 0) is 37.1 Å². The van der Waals surface area contributed by atoms with E-state index in [1.165, 1.54) is 11.1 Å². The predicted octanol–water partition coefficient (Wildman–Crippen LogP) is 3.08. The maximum absolute atomic E-state index is 9.45. The maximum Gasteiger partial charge on any atom is 0.0931 e. The van der Waals surface area contributed by atoms with Gasteiger partial charge in [0.05, 0.1) is 23.7 Å². The van der Waals surface area contributed by atoms with Crippen molar-refractivity contribution in [2.24, 2.45) is 0 Å². The Bertz CT molecular complexity index is 535. The lowest BCUT2D eigenvalue weighted by molar-refractivity contribution is 0.194. The first-order valence-corrected chi connectivity index (χ1v) is 6.47. The quantitative estimate of drug-likeness (QED) is 0.913. The molecule has 19 heavy (non-hydrogen) atoms. The summed E-state index contributed by atoms with van der Waals surface area (Å²) in [6.07, 6.45) is 1.29. The van der Waals surface area contributed by atoms with E-state index >= 15 is 0 Å². The Morgan fingerprint density at radius 1 is 1.21 bits per heavy atom. The molecule has 3 heteroatoms. The molecular weight excluding hydrogens is 236 g/mol. The molecule has 0 spiro atoms. The van der Waals surface area contributed by atoms with Gasteiger partial charge in [-0.3, -0.25) is 4.98 Å². The molecule has 100 valence electrons. The number of pyridine rings is 1. The van der Waals surface area contributed by atoms with Gasteiger partial charge in [-0.25, -0.2) is 0 Å². The predicted molar refractivity (Wildman–Crippen MR) is 78.2 cm³/mol. The monoisotopic (exact) mass is 256 g/mol. The number of anilines is 1. The zero-order valence-corrected chi connectivity index (χ0v) is 11.7. The van der Waals surface area contributed by atoms with Crippen LogP contribution in [0, 0.1) is 6.92 Å². The molecule has 0 aliphatic heterocycles. The molecular formula is C16H20N2O. The number of aryl methyl sites for hydroxylation is 1. The van der Waals surface area contributed by atoms with Gasteiger partial charge in [0.2, 0.25) is 0 Å². The van der Waals surface area contributed by atoms with E-state index in [0.29, 0.717) is 5.69 Å². The Morgan fingerprint density at radius 3 is 2.53 bits per heavy atom. The molecule has 0 fully saturated rings. The minimum Gasteiger partial charge on any atom is -0.387 e. The van der Waals surface area contributed by atoms with E-state index in [1.54, 1.807) is 13.1 Å². The van der Waals surface area contributed by atoms with Crippen LogP contribution in [0.2, 0.25) is 0 Å². The van der Waals surface area contributed by atoms with E-state index in [0.717, 1.165) is 12.2 Å². The van der Waals surface area contributed by atoms with Gasteiger partial charge in [0.15, 0.2) is 0 Å². The lowest BCUT2D eigenvalue weighted by atomic mass is 10.1. The minimum absolute atomic E-state index is 0.518. The fraction of sp³-hybridized carbons (Fsp3) is 0.312. The molecule has 0 unspecified atom stereocenters. The van der Waals surface area contributed by atoms with Crippen LogP contribution in [0.5, 0.6) is 0 Å². The van der Waals surface area contributed by atoms with Crippen LogP contribution in [-0.4, -0.2) is 17.1 Å². The highest BCUT2D eigenvalue weighted by Crippen LogP contribution is 2.18. The topological polar surface area (TPSA) is 36.4 Å². The summed E-state index contributed by atoms with van der Waals surface area (Å²) in [5.74, 6) is 0. The number of benzene rings is 1. The Morgan fingerprint density at radius 2 is 1.95 bits per heavy atom. The van der Waals surface area contributed by atoms with Crippen molar-refractivity contribution in [1.82, 2.24) is 4.98 Å². The van der Waals surface area contributed by atoms with Gasteiger partial charge < -0.3 is 10.0 Å². The molecule has 0 amide bonds. The molecule has 1 aromatic heterocycles. The molecule has 0 aliphatic rings. The van der Waals surface area contributed by atoms with Crippen molar-refractivity contribution in [3.8, 4) is 0 Å². The fourth-order valence-corrected chi connectivity index (χ4v) is 2.00. The zero-order valence-electron chi connectivity index (χ0n) is 11.7. The molecule has 1 aromatic carbocycles. The first-order chi connectivity index (χ1) is 9.08. The van der Waals surface area contributed by atoms with Crippen molar-refractivity contribution in [2.75, 3.05) is 11.9 Å². The fourth-order valence-electron chi connectivity index (χ4n) is 2.00. The minimum atomic E-state index is -0.518. The molecule has 1 heterocycles. The van der Waals surface area contributed by atoms with Gasteiger partial charge in [0, 0.05) is 13.6 Å². The highest BCUT2D eigenvalue weighted by Gasteiger charge is 2.06. The van der Waals surface area contributed by atoms with Crippen molar-refractivity contribution in [2.45, 2.75) is 26.5 Å². The highest BCUT2D eigenvalue weighted by atomic mass is 16.3. The first kappa shape index (κ1) is 13.6. The normalized spacial score (nSPS) is 12.2. The van der Waals surface area contributed by atoms with Crippen molar-refractivity contribution >= 4 is 5.69 Å². The number of hydrogen-bond donors (Lipinski definition) is 1. The van der Waals surface area contributed by atoms with Gasteiger partial charge in [-0.2, -0.15) is 0 Å². The molecule has 2 aromatic rings. The van der Waals surface area contributed by atoms with Crippen LogP contribution in [-0.2, 0) is 6.54 Å². The van der Waals surface area contributed by atoms with Gasteiger partial charge in [0.1, 0.15) is 0 Å². The molecule has 0 saturated heterocycles. The second-order valence-electron chi connectivity index (χ2n) is 4.90. The average molecular weight is 256 g/mol. The summed E-state index contributed by atoms with van der Waals surface area (Å²) in [5.41, 5.74) is 4.35. The summed E-state index contributed by atoms with van der Waals surface area (Å²) in [5, 5.41) is 9.45. The van der Waals surface area contributed by atoms with Gasteiger partial charge in [-0.1, -0.05) is 24.3 Å². The lowest BCUT2D eigenvalue weighted by Crippen LogP contribution is -2.17. The lowest BCUT2D eigenvalue weighted by Gasteiger charge is -2.20. The van der Waals surface area contributed by atoms with Crippen LogP contribution in [0.15, 0.2) is 42.6 Å². The number of rotatable bonds is 4. The van der Waals surface area contributed by atoms with Gasteiger partial charge in [-0.15, -0.1) is 0 Å². The van der Waals surface area contributed by atoms with Crippen LogP contribution >= 0.6 is 0 Å². The Balaban J connectivity index is 2.12. The van der Waals surface area contributed by atoms with E-state index < -0.39 is 6.10 Å². The Hall–Kier alpha value is -1.87. The van der Waals surface area contributed by atoms with Crippen LogP contribution in [0.25, 0.3) is 0 Å². The van der Waals surface area contributed by atoms with E-state index in [1.807, 2.05) is 19.2 Å². The summed E-state index contributed by atoms with van der Waals surface area (Å²) in [7, 11) is 2.05. The third-order valence-electron chi connectivity index (χ3n) is 3.31. The second kappa shape index (κ2) is 5.85. The summed E-state index contributed by atoms with van der Waals surface area (Å²) in [4.78, 5) is 6.43. The number of nitrogens with zero attached hydrogens (tertiary/aromatic N) is 2. The Kier molecular flexibility index (Phi) is 4.17. The third-order valence-corrected chi connectivity index (χ3v) is 3.31. The van der Waals surface area contributed by atoms with Crippen LogP contribution in [0.1, 0.15) is 29.8 Å². The van der Waals surface area contributed by atoms with Gasteiger partial charge in [0.25, 0.3) is 0 Å². The number of hydrogen-bond acceptors (Lipinski definition) is 3. The largest absolute Gasteiger partial charge is 0.387 e. The molecule has 0 aliphatic carbocycles. The number of aromatic nitrogens is 1. The average Bonchev–Trinajstić information content (AvgIpc) is 2.41. The second-order valence-corrected chi connectivity index (χ2v) is 4.90. The molecule has 1 N–H and O–H groups in total. The maximum atomic E-state index is 9.45. The highest BCUT2D eigenvalue weighted by molar-refractivity contribution is 5.45. The van der Waals surface area contributed by atoms with Crippen molar-refractivity contribution in [3.05, 3.63) is 59.4 Å². The third kappa shape index (κ3) is 3.32. The number of aliphatic hydroxyl groups is 1. The zero-order chi connectivity index (χ0) is 13.8. The van der Waals surface area contributed by atoms with Crippen LogP contribution in [0.4, 0.5) is 5.69 Å². The molecule has 0 bridgehead atoms. The van der Waals surface area contributed by atoms with Crippen LogP contribution < -0.4 is 4.90 Å².